The quantitative estimate of drug-likeness (QED) is 0.888. The highest BCUT2D eigenvalue weighted by Gasteiger charge is 2.31. The van der Waals surface area contributed by atoms with Crippen molar-refractivity contribution >= 4 is 0 Å². The number of hydrogen-bond donors (Lipinski definition) is 1. The summed E-state index contributed by atoms with van der Waals surface area (Å²) >= 11 is 0. The molecule has 0 radical (unpaired) electrons. The summed E-state index contributed by atoms with van der Waals surface area (Å²) in [5.74, 6) is 1.37. The van der Waals surface area contributed by atoms with E-state index in [2.05, 4.69) is 12.2 Å². The summed E-state index contributed by atoms with van der Waals surface area (Å²) in [5, 5.41) is 3.36. The third-order valence-electron chi connectivity index (χ3n) is 4.31. The van der Waals surface area contributed by atoms with E-state index < -0.39 is 0 Å². The van der Waals surface area contributed by atoms with Gasteiger partial charge in [0, 0.05) is 6.04 Å². The van der Waals surface area contributed by atoms with Crippen LogP contribution in [-0.4, -0.2) is 20.2 Å². The molecule has 1 saturated carbocycles. The van der Waals surface area contributed by atoms with Gasteiger partial charge in [0.25, 0.3) is 0 Å². The number of hydrogen-bond acceptors (Lipinski definition) is 2. The number of ether oxygens (including phenoxy) is 1. The molecule has 3 unspecified atom stereocenters. The molecule has 1 aliphatic carbocycles. The summed E-state index contributed by atoms with van der Waals surface area (Å²) in [5.41, 5.74) is 1.07. The van der Waals surface area contributed by atoms with Crippen LogP contribution in [0.3, 0.4) is 0 Å². The third kappa shape index (κ3) is 2.66. The van der Waals surface area contributed by atoms with Crippen LogP contribution >= 0.6 is 0 Å². The van der Waals surface area contributed by atoms with Crippen molar-refractivity contribution in [1.82, 2.24) is 5.32 Å². The van der Waals surface area contributed by atoms with Gasteiger partial charge in [-0.1, -0.05) is 13.0 Å². The Morgan fingerprint density at radius 1 is 1.39 bits per heavy atom. The predicted molar refractivity (Wildman–Crippen MR) is 71.4 cm³/mol. The highest BCUT2D eigenvalue weighted by molar-refractivity contribution is 5.29. The summed E-state index contributed by atoms with van der Waals surface area (Å²) in [7, 11) is 3.52. The van der Waals surface area contributed by atoms with Gasteiger partial charge < -0.3 is 10.1 Å². The first-order chi connectivity index (χ1) is 8.65. The molecule has 0 aromatic heterocycles. The SMILES string of the molecule is CNC1CCC(Cc2ccc(OC)c(F)c2)C1C. The molecule has 0 heterocycles. The van der Waals surface area contributed by atoms with Crippen molar-refractivity contribution in [3.05, 3.63) is 29.6 Å². The van der Waals surface area contributed by atoms with Crippen LogP contribution in [-0.2, 0) is 6.42 Å². The molecule has 3 heteroatoms. The lowest BCUT2D eigenvalue weighted by molar-refractivity contribution is 0.362. The average molecular weight is 251 g/mol. The zero-order valence-corrected chi connectivity index (χ0v) is 11.4. The fourth-order valence-corrected chi connectivity index (χ4v) is 3.08. The Balaban J connectivity index is 2.04. The van der Waals surface area contributed by atoms with Gasteiger partial charge in [0.05, 0.1) is 7.11 Å². The summed E-state index contributed by atoms with van der Waals surface area (Å²) < 4.78 is 18.6. The monoisotopic (exact) mass is 251 g/mol. The largest absolute Gasteiger partial charge is 0.494 e. The van der Waals surface area contributed by atoms with Crippen LogP contribution in [0.2, 0.25) is 0 Å². The predicted octanol–water partition coefficient (Wildman–Crippen LogP) is 3.01. The average Bonchev–Trinajstić information content (AvgIpc) is 2.71. The van der Waals surface area contributed by atoms with Gasteiger partial charge >= 0.3 is 0 Å². The van der Waals surface area contributed by atoms with Crippen molar-refractivity contribution in [1.29, 1.82) is 0 Å². The van der Waals surface area contributed by atoms with Gasteiger partial charge in [-0.2, -0.15) is 0 Å². The zero-order chi connectivity index (χ0) is 13.1. The lowest BCUT2D eigenvalue weighted by atomic mass is 9.89. The molecule has 18 heavy (non-hydrogen) atoms. The van der Waals surface area contributed by atoms with E-state index in [1.807, 2.05) is 13.1 Å². The van der Waals surface area contributed by atoms with Crippen LogP contribution in [0.4, 0.5) is 4.39 Å². The molecule has 1 aromatic rings. The molecule has 1 aromatic carbocycles. The van der Waals surface area contributed by atoms with Crippen molar-refractivity contribution in [2.75, 3.05) is 14.2 Å². The van der Waals surface area contributed by atoms with Gasteiger partial charge in [-0.15, -0.1) is 0 Å². The summed E-state index contributed by atoms with van der Waals surface area (Å²) in [6, 6.07) is 5.91. The smallest absolute Gasteiger partial charge is 0.165 e. The van der Waals surface area contributed by atoms with Crippen LogP contribution in [0.5, 0.6) is 5.75 Å². The van der Waals surface area contributed by atoms with E-state index >= 15 is 0 Å². The Labute approximate surface area is 109 Å². The van der Waals surface area contributed by atoms with E-state index in [4.69, 9.17) is 4.74 Å². The van der Waals surface area contributed by atoms with E-state index in [1.54, 1.807) is 12.1 Å². The minimum Gasteiger partial charge on any atom is -0.494 e. The second kappa shape index (κ2) is 5.70. The van der Waals surface area contributed by atoms with Crippen molar-refractivity contribution < 1.29 is 9.13 Å². The molecule has 0 spiro atoms. The second-order valence-corrected chi connectivity index (χ2v) is 5.26. The molecule has 1 fully saturated rings. The van der Waals surface area contributed by atoms with E-state index in [0.717, 1.165) is 12.0 Å². The van der Waals surface area contributed by atoms with Crippen molar-refractivity contribution in [3.8, 4) is 5.75 Å². The maximum atomic E-state index is 13.6. The molecule has 0 aliphatic heterocycles. The number of halogens is 1. The lowest BCUT2D eigenvalue weighted by Gasteiger charge is -2.20. The molecule has 2 rings (SSSR count). The third-order valence-corrected chi connectivity index (χ3v) is 4.31. The normalized spacial score (nSPS) is 27.4. The standard InChI is InChI=1S/C15H22FNO/c1-10-12(5-6-14(10)17-2)8-11-4-7-15(18-3)13(16)9-11/h4,7,9-10,12,14,17H,5-6,8H2,1-3H3. The Hall–Kier alpha value is -1.09. The molecular weight excluding hydrogens is 229 g/mol. The molecule has 3 atom stereocenters. The van der Waals surface area contributed by atoms with Crippen molar-refractivity contribution in [3.63, 3.8) is 0 Å². The molecular formula is C15H22FNO. The Bertz CT molecular complexity index is 407. The first kappa shape index (κ1) is 13.3. The summed E-state index contributed by atoms with van der Waals surface area (Å²) in [4.78, 5) is 0. The fraction of sp³-hybridized carbons (Fsp3) is 0.600. The minimum absolute atomic E-state index is 0.259. The molecule has 0 bridgehead atoms. The van der Waals surface area contributed by atoms with Gasteiger partial charge in [-0.25, -0.2) is 4.39 Å². The number of methoxy groups -OCH3 is 1. The zero-order valence-electron chi connectivity index (χ0n) is 11.4. The first-order valence-electron chi connectivity index (χ1n) is 6.65. The van der Waals surface area contributed by atoms with E-state index in [1.165, 1.54) is 20.0 Å². The maximum Gasteiger partial charge on any atom is 0.165 e. The molecule has 100 valence electrons. The highest BCUT2D eigenvalue weighted by Crippen LogP contribution is 2.34. The van der Waals surface area contributed by atoms with E-state index in [0.29, 0.717) is 23.6 Å². The Kier molecular flexibility index (Phi) is 4.23. The number of benzene rings is 1. The molecule has 1 aliphatic rings. The maximum absolute atomic E-state index is 13.6. The van der Waals surface area contributed by atoms with Gasteiger partial charge in [-0.05, 0) is 55.8 Å². The van der Waals surface area contributed by atoms with Crippen LogP contribution in [0.1, 0.15) is 25.3 Å². The minimum atomic E-state index is -0.259. The van der Waals surface area contributed by atoms with Crippen molar-refractivity contribution in [2.24, 2.45) is 11.8 Å². The molecule has 0 amide bonds. The van der Waals surface area contributed by atoms with Crippen LogP contribution in [0, 0.1) is 17.7 Å². The molecule has 1 N–H and O–H groups in total. The summed E-state index contributed by atoms with van der Waals surface area (Å²) in [6.07, 6.45) is 3.40. The van der Waals surface area contributed by atoms with Gasteiger partial charge in [0.2, 0.25) is 0 Å². The first-order valence-corrected chi connectivity index (χ1v) is 6.65. The number of rotatable bonds is 4. The van der Waals surface area contributed by atoms with Gasteiger partial charge in [0.1, 0.15) is 0 Å². The van der Waals surface area contributed by atoms with Gasteiger partial charge in [0.15, 0.2) is 11.6 Å². The fourth-order valence-electron chi connectivity index (χ4n) is 3.08. The van der Waals surface area contributed by atoms with E-state index in [9.17, 15) is 4.39 Å². The van der Waals surface area contributed by atoms with Crippen LogP contribution < -0.4 is 10.1 Å². The topological polar surface area (TPSA) is 21.3 Å². The van der Waals surface area contributed by atoms with Crippen molar-refractivity contribution in [2.45, 2.75) is 32.2 Å². The Morgan fingerprint density at radius 2 is 2.17 bits per heavy atom. The highest BCUT2D eigenvalue weighted by atomic mass is 19.1. The van der Waals surface area contributed by atoms with E-state index in [-0.39, 0.29) is 5.82 Å². The lowest BCUT2D eigenvalue weighted by Crippen LogP contribution is -2.29. The van der Waals surface area contributed by atoms with Crippen LogP contribution in [0.25, 0.3) is 0 Å². The second-order valence-electron chi connectivity index (χ2n) is 5.26. The molecule has 0 saturated heterocycles. The van der Waals surface area contributed by atoms with Crippen LogP contribution in [0.15, 0.2) is 18.2 Å². The Morgan fingerprint density at radius 3 is 2.72 bits per heavy atom. The number of nitrogens with one attached hydrogen (secondary N) is 1. The molecule has 2 nitrogen and oxygen atoms in total. The summed E-state index contributed by atoms with van der Waals surface area (Å²) in [6.45, 7) is 2.29. The van der Waals surface area contributed by atoms with Gasteiger partial charge in [-0.3, -0.25) is 0 Å².